The van der Waals surface area contributed by atoms with Gasteiger partial charge in [-0.05, 0) is 82.6 Å². The highest BCUT2D eigenvalue weighted by Crippen LogP contribution is 2.70. The summed E-state index contributed by atoms with van der Waals surface area (Å²) in [7, 11) is -13.2. The summed E-state index contributed by atoms with van der Waals surface area (Å²) in [5.74, 6) is 0. The van der Waals surface area contributed by atoms with Gasteiger partial charge in [0.15, 0.2) is 0 Å². The zero-order valence-corrected chi connectivity index (χ0v) is 25.5. The average Bonchev–Trinajstić information content (AvgIpc) is 3.01. The molecule has 0 radical (unpaired) electrons. The molecule has 0 heterocycles. The van der Waals surface area contributed by atoms with Crippen LogP contribution in [0.1, 0.15) is 0 Å². The van der Waals surface area contributed by atoms with Crippen LogP contribution in [-0.4, -0.2) is 40.5 Å². The summed E-state index contributed by atoms with van der Waals surface area (Å²) in [6.45, 7) is 0.918. The minimum atomic E-state index is -5.75. The smallest absolute Gasteiger partial charge is 0.369 e. The van der Waals surface area contributed by atoms with Crippen molar-refractivity contribution in [2.75, 3.05) is 13.2 Å². The van der Waals surface area contributed by atoms with Crippen LogP contribution in [0.5, 0.6) is 0 Å². The second-order valence-electron chi connectivity index (χ2n) is 9.00. The predicted molar refractivity (Wildman–Crippen MR) is 159 cm³/mol. The third-order valence-corrected chi connectivity index (χ3v) is 13.3. The molecule has 4 aromatic rings. The number of hydrogen-bond acceptors (Lipinski definition) is 7. The molecule has 0 spiro atoms. The SMILES string of the molecule is C=C(COCC(F)(F)S(=O)(=O)OS(c1ccccc1)(c1ccccc1)c1ccc(S(=O)(=O)c2ccccc2)cc1)C(=O)Cl. The van der Waals surface area contributed by atoms with Crippen LogP contribution in [-0.2, 0) is 33.1 Å². The molecule has 43 heavy (non-hydrogen) atoms. The zero-order chi connectivity index (χ0) is 31.3. The molecular weight excluding hydrogens is 642 g/mol. The molecule has 226 valence electrons. The normalized spacial score (nSPS) is 12.9. The van der Waals surface area contributed by atoms with Crippen LogP contribution >= 0.6 is 21.9 Å². The lowest BCUT2D eigenvalue weighted by Crippen LogP contribution is -2.36. The van der Waals surface area contributed by atoms with E-state index < -0.39 is 54.0 Å². The minimum absolute atomic E-state index is 0.0458. The molecule has 0 bridgehead atoms. The van der Waals surface area contributed by atoms with Crippen LogP contribution in [0, 0.1) is 0 Å². The summed E-state index contributed by atoms with van der Waals surface area (Å²) in [4.78, 5) is 11.7. The Morgan fingerprint density at radius 2 is 1.05 bits per heavy atom. The number of alkyl halides is 2. The van der Waals surface area contributed by atoms with Crippen LogP contribution < -0.4 is 0 Å². The van der Waals surface area contributed by atoms with Crippen molar-refractivity contribution in [1.82, 2.24) is 0 Å². The van der Waals surface area contributed by atoms with E-state index in [4.69, 9.17) is 20.0 Å². The van der Waals surface area contributed by atoms with Gasteiger partial charge in [0, 0.05) is 20.3 Å². The van der Waals surface area contributed by atoms with Gasteiger partial charge in [0.2, 0.25) is 15.1 Å². The highest BCUT2D eigenvalue weighted by molar-refractivity contribution is 8.33. The molecule has 0 saturated carbocycles. The lowest BCUT2D eigenvalue weighted by molar-refractivity contribution is -0.109. The first-order chi connectivity index (χ1) is 20.3. The van der Waals surface area contributed by atoms with Crippen molar-refractivity contribution in [3.63, 3.8) is 0 Å². The lowest BCUT2D eigenvalue weighted by atomic mass is 10.3. The summed E-state index contributed by atoms with van der Waals surface area (Å²) in [5.41, 5.74) is -0.338. The summed E-state index contributed by atoms with van der Waals surface area (Å²) in [6.07, 6.45) is 0. The van der Waals surface area contributed by atoms with E-state index in [1.54, 1.807) is 54.6 Å². The van der Waals surface area contributed by atoms with Crippen molar-refractivity contribution in [2.24, 2.45) is 0 Å². The Kier molecular flexibility index (Phi) is 9.90. The quantitative estimate of drug-likeness (QED) is 0.112. The van der Waals surface area contributed by atoms with Crippen LogP contribution in [0.2, 0.25) is 0 Å². The van der Waals surface area contributed by atoms with Crippen molar-refractivity contribution in [3.05, 3.63) is 127 Å². The third-order valence-electron chi connectivity index (χ3n) is 6.05. The molecule has 0 unspecified atom stereocenters. The first-order valence-electron chi connectivity index (χ1n) is 12.4. The number of sulfone groups is 1. The van der Waals surface area contributed by atoms with E-state index in [1.165, 1.54) is 60.7 Å². The maximum absolute atomic E-state index is 15.3. The van der Waals surface area contributed by atoms with Crippen molar-refractivity contribution in [3.8, 4) is 0 Å². The van der Waals surface area contributed by atoms with E-state index in [0.717, 1.165) is 0 Å². The third kappa shape index (κ3) is 6.90. The standard InChI is InChI=1S/C30H25ClF2O7S3/c1-23(29(31)34)21-39-22-30(32,33)43(37,38)40-41(24-11-5-2-6-12-24,25-13-7-3-8-14-25)26-17-19-28(20-18-26)42(35,36)27-15-9-4-10-16-27/h2-20H,1,21-22H2. The number of carbonyl (C=O) groups excluding carboxylic acids is 1. The fourth-order valence-electron chi connectivity index (χ4n) is 3.90. The van der Waals surface area contributed by atoms with Gasteiger partial charge >= 0.3 is 15.4 Å². The van der Waals surface area contributed by atoms with Crippen molar-refractivity contribution in [1.29, 1.82) is 0 Å². The van der Waals surface area contributed by atoms with E-state index in [1.807, 2.05) is 0 Å². The summed E-state index contributed by atoms with van der Waals surface area (Å²) < 4.78 is 94.1. The van der Waals surface area contributed by atoms with Crippen LogP contribution in [0.3, 0.4) is 0 Å². The molecule has 0 N–H and O–H groups in total. The Labute approximate surface area is 255 Å². The van der Waals surface area contributed by atoms with Crippen LogP contribution in [0.4, 0.5) is 8.78 Å². The summed E-state index contributed by atoms with van der Waals surface area (Å²) in [5, 5.41) is -5.59. The summed E-state index contributed by atoms with van der Waals surface area (Å²) in [6, 6.07) is 28.8. The molecule has 0 aliphatic carbocycles. The first kappa shape index (κ1) is 32.5. The molecule has 0 amide bonds. The van der Waals surface area contributed by atoms with Crippen molar-refractivity contribution in [2.45, 2.75) is 29.7 Å². The molecular formula is C30H25ClF2O7S3. The molecule has 7 nitrogen and oxygen atoms in total. The number of hydrogen-bond donors (Lipinski definition) is 0. The van der Waals surface area contributed by atoms with Gasteiger partial charge in [-0.1, -0.05) is 61.2 Å². The molecule has 0 aromatic heterocycles. The second-order valence-corrected chi connectivity index (χ2v) is 15.9. The first-order valence-corrected chi connectivity index (χ1v) is 17.3. The van der Waals surface area contributed by atoms with Gasteiger partial charge in [0.25, 0.3) is 0 Å². The Hall–Kier alpha value is -3.39. The molecule has 0 fully saturated rings. The number of rotatable bonds is 13. The van der Waals surface area contributed by atoms with E-state index in [9.17, 15) is 21.6 Å². The Morgan fingerprint density at radius 3 is 1.49 bits per heavy atom. The molecule has 4 aromatic carbocycles. The van der Waals surface area contributed by atoms with E-state index >= 15 is 8.78 Å². The fourth-order valence-corrected chi connectivity index (χ4v) is 10.3. The van der Waals surface area contributed by atoms with Gasteiger partial charge in [-0.15, -0.1) is 0 Å². The van der Waals surface area contributed by atoms with Gasteiger partial charge in [-0.2, -0.15) is 17.2 Å². The van der Waals surface area contributed by atoms with Gasteiger partial charge < -0.3 is 4.74 Å². The van der Waals surface area contributed by atoms with Gasteiger partial charge in [0.1, 0.15) is 6.61 Å². The van der Waals surface area contributed by atoms with Crippen LogP contribution in [0.25, 0.3) is 0 Å². The van der Waals surface area contributed by atoms with Crippen LogP contribution in [0.15, 0.2) is 152 Å². The zero-order valence-electron chi connectivity index (χ0n) is 22.3. The van der Waals surface area contributed by atoms with Gasteiger partial charge in [-0.25, -0.2) is 12.0 Å². The summed E-state index contributed by atoms with van der Waals surface area (Å²) >= 11 is 5.25. The Morgan fingerprint density at radius 1 is 0.674 bits per heavy atom. The Balaban J connectivity index is 1.85. The van der Waals surface area contributed by atoms with E-state index in [2.05, 4.69) is 6.58 Å². The molecule has 4 rings (SSSR count). The molecule has 13 heteroatoms. The van der Waals surface area contributed by atoms with Crippen molar-refractivity contribution < 1.29 is 38.8 Å². The molecule has 0 atom stereocenters. The Bertz CT molecular complexity index is 1760. The largest absolute Gasteiger partial charge is 0.393 e. The minimum Gasteiger partial charge on any atom is -0.369 e. The van der Waals surface area contributed by atoms with E-state index in [-0.39, 0.29) is 30.1 Å². The average molecular weight is 667 g/mol. The number of halogens is 3. The predicted octanol–water partition coefficient (Wildman–Crippen LogP) is 6.99. The number of benzene rings is 4. The highest BCUT2D eigenvalue weighted by atomic mass is 35.5. The number of carbonyl (C=O) groups is 1. The van der Waals surface area contributed by atoms with Gasteiger partial charge in [0.05, 0.1) is 16.4 Å². The highest BCUT2D eigenvalue weighted by Gasteiger charge is 2.52. The van der Waals surface area contributed by atoms with Gasteiger partial charge in [-0.3, -0.25) is 4.79 Å². The van der Waals surface area contributed by atoms with E-state index in [0.29, 0.717) is 0 Å². The maximum atomic E-state index is 15.3. The molecule has 0 saturated heterocycles. The second kappa shape index (κ2) is 13.1. The molecule has 0 aliphatic rings. The fraction of sp³-hybridized carbons (Fsp3) is 0.100. The number of ether oxygens (including phenoxy) is 1. The lowest BCUT2D eigenvalue weighted by Gasteiger charge is -2.40. The topological polar surface area (TPSA) is 104 Å². The van der Waals surface area contributed by atoms with Crippen molar-refractivity contribution >= 4 is 47.1 Å². The molecule has 0 aliphatic heterocycles. The maximum Gasteiger partial charge on any atom is 0.393 e. The monoisotopic (exact) mass is 666 g/mol.